The lowest BCUT2D eigenvalue weighted by molar-refractivity contribution is -0.143. The summed E-state index contributed by atoms with van der Waals surface area (Å²) in [6, 6.07) is 7.78. The van der Waals surface area contributed by atoms with Crippen LogP contribution in [0.5, 0.6) is 0 Å². The van der Waals surface area contributed by atoms with E-state index in [-0.39, 0.29) is 18.3 Å². The Morgan fingerprint density at radius 3 is 2.45 bits per heavy atom. The molecule has 1 fully saturated rings. The van der Waals surface area contributed by atoms with Crippen molar-refractivity contribution in [3.05, 3.63) is 35.4 Å². The molecule has 0 bridgehead atoms. The number of carboxylic acids is 2. The molecule has 1 aromatic rings. The van der Waals surface area contributed by atoms with E-state index in [0.717, 1.165) is 36.8 Å². The van der Waals surface area contributed by atoms with Crippen molar-refractivity contribution < 1.29 is 19.8 Å². The van der Waals surface area contributed by atoms with Crippen molar-refractivity contribution >= 4 is 11.9 Å². The molecule has 0 unspecified atom stereocenters. The van der Waals surface area contributed by atoms with Gasteiger partial charge in [0.1, 0.15) is 0 Å². The summed E-state index contributed by atoms with van der Waals surface area (Å²) < 4.78 is 0. The number of rotatable bonds is 6. The maximum atomic E-state index is 11.2. The molecule has 108 valence electrons. The molecule has 0 amide bonds. The lowest BCUT2D eigenvalue weighted by atomic mass is 9.87. The SMILES string of the molecule is O=C(O)CCc1ccccc1C[C@@H]1CCC[C@H]1C(=O)O. The Kier molecular flexibility index (Phi) is 4.77. The van der Waals surface area contributed by atoms with Crippen LogP contribution in [0.25, 0.3) is 0 Å². The first kappa shape index (κ1) is 14.6. The summed E-state index contributed by atoms with van der Waals surface area (Å²) in [6.45, 7) is 0. The van der Waals surface area contributed by atoms with Crippen LogP contribution in [0.2, 0.25) is 0 Å². The molecule has 0 spiro atoms. The van der Waals surface area contributed by atoms with Crippen LogP contribution in [0.1, 0.15) is 36.8 Å². The first-order valence-corrected chi connectivity index (χ1v) is 7.09. The zero-order valence-corrected chi connectivity index (χ0v) is 11.4. The van der Waals surface area contributed by atoms with Gasteiger partial charge in [0.2, 0.25) is 0 Å². The van der Waals surface area contributed by atoms with Crippen LogP contribution in [0, 0.1) is 11.8 Å². The molecule has 0 aromatic heterocycles. The van der Waals surface area contributed by atoms with Gasteiger partial charge in [0.05, 0.1) is 5.92 Å². The minimum Gasteiger partial charge on any atom is -0.481 e. The number of carboxylic acid groups (broad SMARTS) is 2. The van der Waals surface area contributed by atoms with E-state index in [9.17, 15) is 14.7 Å². The summed E-state index contributed by atoms with van der Waals surface area (Å²) in [5.74, 6) is -1.57. The largest absolute Gasteiger partial charge is 0.481 e. The average molecular weight is 276 g/mol. The highest BCUT2D eigenvalue weighted by Crippen LogP contribution is 2.35. The third kappa shape index (κ3) is 3.59. The van der Waals surface area contributed by atoms with Crippen LogP contribution >= 0.6 is 0 Å². The van der Waals surface area contributed by atoms with Crippen molar-refractivity contribution in [2.45, 2.75) is 38.5 Å². The summed E-state index contributed by atoms with van der Waals surface area (Å²) in [6.07, 6.45) is 4.05. The first-order chi connectivity index (χ1) is 9.58. The number of benzene rings is 1. The standard InChI is InChI=1S/C16H20O4/c17-15(18)9-8-11-4-1-2-5-12(11)10-13-6-3-7-14(13)16(19)20/h1-2,4-5,13-14H,3,6-10H2,(H,17,18)(H,19,20)/t13-,14+/m0/s1. The molecule has 0 saturated heterocycles. The third-order valence-electron chi connectivity index (χ3n) is 4.18. The monoisotopic (exact) mass is 276 g/mol. The van der Waals surface area contributed by atoms with Crippen LogP contribution in [0.15, 0.2) is 24.3 Å². The summed E-state index contributed by atoms with van der Waals surface area (Å²) in [4.78, 5) is 21.9. The Bertz CT molecular complexity index is 495. The maximum Gasteiger partial charge on any atom is 0.306 e. The molecule has 2 atom stereocenters. The van der Waals surface area contributed by atoms with Crippen molar-refractivity contribution in [1.29, 1.82) is 0 Å². The predicted molar refractivity (Wildman–Crippen MR) is 74.6 cm³/mol. The molecular weight excluding hydrogens is 256 g/mol. The lowest BCUT2D eigenvalue weighted by Crippen LogP contribution is -2.20. The van der Waals surface area contributed by atoms with Crippen molar-refractivity contribution in [1.82, 2.24) is 0 Å². The van der Waals surface area contributed by atoms with Gasteiger partial charge in [0.15, 0.2) is 0 Å². The van der Waals surface area contributed by atoms with Gasteiger partial charge >= 0.3 is 11.9 Å². The minimum atomic E-state index is -0.802. The number of aryl methyl sites for hydroxylation is 1. The van der Waals surface area contributed by atoms with E-state index < -0.39 is 11.9 Å². The molecule has 4 nitrogen and oxygen atoms in total. The molecule has 1 saturated carbocycles. The summed E-state index contributed by atoms with van der Waals surface area (Å²) in [5.41, 5.74) is 2.14. The van der Waals surface area contributed by atoms with E-state index in [1.165, 1.54) is 0 Å². The summed E-state index contributed by atoms with van der Waals surface area (Å²) >= 11 is 0. The lowest BCUT2D eigenvalue weighted by Gasteiger charge is -2.17. The molecule has 2 rings (SSSR count). The highest BCUT2D eigenvalue weighted by molar-refractivity contribution is 5.70. The Morgan fingerprint density at radius 1 is 1.10 bits per heavy atom. The zero-order valence-electron chi connectivity index (χ0n) is 11.4. The molecular formula is C16H20O4. The van der Waals surface area contributed by atoms with Gasteiger partial charge in [-0.3, -0.25) is 9.59 Å². The smallest absolute Gasteiger partial charge is 0.306 e. The van der Waals surface area contributed by atoms with Crippen LogP contribution in [-0.2, 0) is 22.4 Å². The Morgan fingerprint density at radius 2 is 1.80 bits per heavy atom. The van der Waals surface area contributed by atoms with Crippen LogP contribution < -0.4 is 0 Å². The molecule has 1 aromatic carbocycles. The number of aliphatic carboxylic acids is 2. The van der Waals surface area contributed by atoms with E-state index in [0.29, 0.717) is 6.42 Å². The van der Waals surface area contributed by atoms with Crippen molar-refractivity contribution in [2.24, 2.45) is 11.8 Å². The van der Waals surface area contributed by atoms with E-state index in [4.69, 9.17) is 5.11 Å². The fourth-order valence-corrected chi connectivity index (χ4v) is 3.13. The zero-order chi connectivity index (χ0) is 14.5. The molecule has 20 heavy (non-hydrogen) atoms. The van der Waals surface area contributed by atoms with Gasteiger partial charge < -0.3 is 10.2 Å². The third-order valence-corrected chi connectivity index (χ3v) is 4.18. The first-order valence-electron chi connectivity index (χ1n) is 7.09. The number of hydrogen-bond acceptors (Lipinski definition) is 2. The van der Waals surface area contributed by atoms with Gasteiger partial charge in [-0.15, -0.1) is 0 Å². The van der Waals surface area contributed by atoms with Crippen molar-refractivity contribution in [2.75, 3.05) is 0 Å². The van der Waals surface area contributed by atoms with Crippen LogP contribution in [0.3, 0.4) is 0 Å². The number of carbonyl (C=O) groups is 2. The fraction of sp³-hybridized carbons (Fsp3) is 0.500. The Balaban J connectivity index is 2.08. The fourth-order valence-electron chi connectivity index (χ4n) is 3.13. The van der Waals surface area contributed by atoms with Gasteiger partial charge in [-0.2, -0.15) is 0 Å². The Hall–Kier alpha value is -1.84. The van der Waals surface area contributed by atoms with E-state index >= 15 is 0 Å². The van der Waals surface area contributed by atoms with Gasteiger partial charge in [-0.1, -0.05) is 30.7 Å². The van der Waals surface area contributed by atoms with Gasteiger partial charge in [-0.25, -0.2) is 0 Å². The Labute approximate surface area is 118 Å². The van der Waals surface area contributed by atoms with Gasteiger partial charge in [-0.05, 0) is 42.7 Å². The topological polar surface area (TPSA) is 74.6 Å². The minimum absolute atomic E-state index is 0.115. The average Bonchev–Trinajstić information content (AvgIpc) is 2.86. The molecule has 0 radical (unpaired) electrons. The van der Waals surface area contributed by atoms with Gasteiger partial charge in [0, 0.05) is 6.42 Å². The molecule has 0 aliphatic heterocycles. The molecule has 1 aliphatic rings. The van der Waals surface area contributed by atoms with E-state index in [1.807, 2.05) is 24.3 Å². The quantitative estimate of drug-likeness (QED) is 0.837. The normalized spacial score (nSPS) is 21.8. The van der Waals surface area contributed by atoms with Crippen molar-refractivity contribution in [3.8, 4) is 0 Å². The number of hydrogen-bond donors (Lipinski definition) is 2. The highest BCUT2D eigenvalue weighted by atomic mass is 16.4. The van der Waals surface area contributed by atoms with Gasteiger partial charge in [0.25, 0.3) is 0 Å². The summed E-state index contributed by atoms with van der Waals surface area (Å²) in [7, 11) is 0. The predicted octanol–water partition coefficient (Wildman–Crippen LogP) is 2.75. The second-order valence-corrected chi connectivity index (χ2v) is 5.50. The van der Waals surface area contributed by atoms with E-state index in [1.54, 1.807) is 0 Å². The molecule has 1 aliphatic carbocycles. The maximum absolute atomic E-state index is 11.2. The highest BCUT2D eigenvalue weighted by Gasteiger charge is 2.32. The molecule has 2 N–H and O–H groups in total. The molecule has 4 heteroatoms. The molecule has 0 heterocycles. The van der Waals surface area contributed by atoms with Crippen LogP contribution in [-0.4, -0.2) is 22.2 Å². The van der Waals surface area contributed by atoms with Crippen LogP contribution in [0.4, 0.5) is 0 Å². The van der Waals surface area contributed by atoms with E-state index in [2.05, 4.69) is 0 Å². The summed E-state index contributed by atoms with van der Waals surface area (Å²) in [5, 5.41) is 18.0. The van der Waals surface area contributed by atoms with Crippen molar-refractivity contribution in [3.63, 3.8) is 0 Å². The second-order valence-electron chi connectivity index (χ2n) is 5.50. The second kappa shape index (κ2) is 6.55.